The zero-order valence-corrected chi connectivity index (χ0v) is 11.5. The topological polar surface area (TPSA) is 112 Å². The van der Waals surface area contributed by atoms with Gasteiger partial charge in [0.15, 0.2) is 16.6 Å². The average molecular weight is 325 g/mol. The van der Waals surface area contributed by atoms with Crippen LogP contribution in [0, 0.1) is 62.1 Å². The van der Waals surface area contributed by atoms with Crippen LogP contribution in [-0.2, 0) is 0 Å². The Morgan fingerprint density at radius 2 is 1.35 bits per heavy atom. The van der Waals surface area contributed by atoms with E-state index in [9.17, 15) is 4.79 Å². The number of nitriles is 4. The van der Waals surface area contributed by atoms with Crippen molar-refractivity contribution >= 4 is 21.7 Å². The molecule has 0 bridgehead atoms. The molecule has 1 saturated carbocycles. The lowest BCUT2D eigenvalue weighted by atomic mass is 9.98. The van der Waals surface area contributed by atoms with Gasteiger partial charge in [-0.25, -0.2) is 0 Å². The molecular weight excluding hydrogens is 320 g/mol. The standard InChI is InChI=1S/C14H5BrN4O/c15-10-3-1-9(2-4-10)11(20)12-13(5-16,6-17)14(12,7-18)8-19/h1-4,12H. The van der Waals surface area contributed by atoms with Crippen LogP contribution in [0.25, 0.3) is 0 Å². The lowest BCUT2D eigenvalue weighted by Crippen LogP contribution is -2.08. The van der Waals surface area contributed by atoms with Crippen LogP contribution in [0.4, 0.5) is 0 Å². The summed E-state index contributed by atoms with van der Waals surface area (Å²) in [5.41, 5.74) is -3.51. The summed E-state index contributed by atoms with van der Waals surface area (Å²) >= 11 is 3.23. The minimum absolute atomic E-state index is 0.264. The Morgan fingerprint density at radius 1 is 0.950 bits per heavy atom. The van der Waals surface area contributed by atoms with Crippen molar-refractivity contribution < 1.29 is 4.79 Å². The Hall–Kier alpha value is -2.67. The highest BCUT2D eigenvalue weighted by atomic mass is 79.9. The van der Waals surface area contributed by atoms with E-state index in [4.69, 9.17) is 21.0 Å². The van der Waals surface area contributed by atoms with Gasteiger partial charge >= 0.3 is 0 Å². The molecule has 0 unspecified atom stereocenters. The first-order valence-corrected chi connectivity index (χ1v) is 6.27. The van der Waals surface area contributed by atoms with Crippen LogP contribution in [0.3, 0.4) is 0 Å². The zero-order valence-electron chi connectivity index (χ0n) is 9.96. The minimum atomic E-state index is -1.89. The second-order valence-electron chi connectivity index (χ2n) is 4.37. The maximum absolute atomic E-state index is 12.4. The van der Waals surface area contributed by atoms with Crippen molar-refractivity contribution in [1.82, 2.24) is 0 Å². The highest BCUT2D eigenvalue weighted by molar-refractivity contribution is 9.10. The van der Waals surface area contributed by atoms with Crippen LogP contribution < -0.4 is 0 Å². The summed E-state index contributed by atoms with van der Waals surface area (Å²) in [4.78, 5) is 12.4. The number of nitrogens with zero attached hydrogens (tertiary/aromatic N) is 4. The molecule has 0 saturated heterocycles. The maximum atomic E-state index is 12.4. The van der Waals surface area contributed by atoms with E-state index in [0.29, 0.717) is 0 Å². The molecule has 1 aliphatic rings. The number of Topliss-reactive ketones (excluding diaryl/α,β-unsaturated/α-hetero) is 1. The summed E-state index contributed by atoms with van der Waals surface area (Å²) < 4.78 is 0.767. The molecule has 1 aliphatic carbocycles. The summed E-state index contributed by atoms with van der Waals surface area (Å²) in [6, 6.07) is 13.0. The van der Waals surface area contributed by atoms with Crippen molar-refractivity contribution in [3.63, 3.8) is 0 Å². The predicted octanol–water partition coefficient (Wildman–Crippen LogP) is 2.33. The molecule has 0 amide bonds. The SMILES string of the molecule is N#CC1(C#N)C(C(=O)c2ccc(Br)cc2)C1(C#N)C#N. The first kappa shape index (κ1) is 13.8. The molecule has 94 valence electrons. The molecule has 1 aromatic carbocycles. The van der Waals surface area contributed by atoms with Gasteiger partial charge in [0.05, 0.1) is 30.2 Å². The van der Waals surface area contributed by atoms with Gasteiger partial charge in [0.2, 0.25) is 0 Å². The molecule has 0 atom stereocenters. The van der Waals surface area contributed by atoms with Gasteiger partial charge in [-0.2, -0.15) is 21.0 Å². The molecule has 0 spiro atoms. The summed E-state index contributed by atoms with van der Waals surface area (Å²) in [5, 5.41) is 36.5. The summed E-state index contributed by atoms with van der Waals surface area (Å²) in [6.45, 7) is 0. The van der Waals surface area contributed by atoms with Crippen molar-refractivity contribution in [3.8, 4) is 24.3 Å². The molecule has 20 heavy (non-hydrogen) atoms. The van der Waals surface area contributed by atoms with Crippen molar-refractivity contribution in [2.75, 3.05) is 0 Å². The first-order valence-electron chi connectivity index (χ1n) is 5.47. The average Bonchev–Trinajstić information content (AvgIpc) is 3.10. The van der Waals surface area contributed by atoms with Crippen molar-refractivity contribution in [2.24, 2.45) is 16.7 Å². The Balaban J connectivity index is 2.50. The molecule has 0 heterocycles. The van der Waals surface area contributed by atoms with Crippen LogP contribution in [0.15, 0.2) is 28.7 Å². The van der Waals surface area contributed by atoms with Crippen molar-refractivity contribution in [3.05, 3.63) is 34.3 Å². The zero-order chi connectivity index (χ0) is 15.0. The second kappa shape index (κ2) is 4.46. The van der Waals surface area contributed by atoms with E-state index in [1.807, 2.05) is 0 Å². The van der Waals surface area contributed by atoms with Gasteiger partial charge in [-0.1, -0.05) is 28.1 Å². The molecule has 0 aromatic heterocycles. The van der Waals surface area contributed by atoms with Crippen molar-refractivity contribution in [1.29, 1.82) is 21.0 Å². The third-order valence-corrected chi connectivity index (χ3v) is 4.03. The Morgan fingerprint density at radius 3 is 1.70 bits per heavy atom. The molecule has 0 aliphatic heterocycles. The number of benzene rings is 1. The van der Waals surface area contributed by atoms with Gasteiger partial charge in [0.25, 0.3) is 0 Å². The second-order valence-corrected chi connectivity index (χ2v) is 5.28. The lowest BCUT2D eigenvalue weighted by molar-refractivity contribution is 0.0954. The summed E-state index contributed by atoms with van der Waals surface area (Å²) in [7, 11) is 0. The Bertz CT molecular complexity index is 689. The van der Waals surface area contributed by atoms with E-state index in [-0.39, 0.29) is 5.56 Å². The van der Waals surface area contributed by atoms with Gasteiger partial charge in [0, 0.05) is 10.0 Å². The van der Waals surface area contributed by atoms with Crippen LogP contribution in [0.5, 0.6) is 0 Å². The van der Waals surface area contributed by atoms with Crippen LogP contribution in [0.2, 0.25) is 0 Å². The number of hydrogen-bond acceptors (Lipinski definition) is 5. The largest absolute Gasteiger partial charge is 0.294 e. The van der Waals surface area contributed by atoms with E-state index in [1.54, 1.807) is 36.4 Å². The molecule has 6 heteroatoms. The third kappa shape index (κ3) is 1.47. The van der Waals surface area contributed by atoms with Gasteiger partial charge < -0.3 is 0 Å². The van der Waals surface area contributed by atoms with E-state index in [2.05, 4.69) is 15.9 Å². The highest BCUT2D eigenvalue weighted by Gasteiger charge is 2.84. The molecule has 1 fully saturated rings. The van der Waals surface area contributed by atoms with E-state index in [1.165, 1.54) is 12.1 Å². The third-order valence-electron chi connectivity index (χ3n) is 3.50. The van der Waals surface area contributed by atoms with Gasteiger partial charge in [0.1, 0.15) is 0 Å². The number of ketones is 1. The lowest BCUT2D eigenvalue weighted by Gasteiger charge is -1.99. The van der Waals surface area contributed by atoms with E-state index >= 15 is 0 Å². The van der Waals surface area contributed by atoms with Crippen LogP contribution in [0.1, 0.15) is 10.4 Å². The van der Waals surface area contributed by atoms with Crippen molar-refractivity contribution in [2.45, 2.75) is 0 Å². The molecule has 0 radical (unpaired) electrons. The molecule has 0 N–H and O–H groups in total. The van der Waals surface area contributed by atoms with Gasteiger partial charge in [-0.05, 0) is 12.1 Å². The van der Waals surface area contributed by atoms with E-state index < -0.39 is 22.5 Å². The molecule has 5 nitrogen and oxygen atoms in total. The monoisotopic (exact) mass is 324 g/mol. The number of carbonyl (C=O) groups is 1. The molecule has 1 aromatic rings. The molecular formula is C14H5BrN4O. The highest BCUT2D eigenvalue weighted by Crippen LogP contribution is 2.68. The number of carbonyl (C=O) groups excluding carboxylic acids is 1. The maximum Gasteiger partial charge on any atom is 0.188 e. The predicted molar refractivity (Wildman–Crippen MR) is 69.3 cm³/mol. The van der Waals surface area contributed by atoms with E-state index in [0.717, 1.165) is 4.47 Å². The molecule has 2 rings (SSSR count). The smallest absolute Gasteiger partial charge is 0.188 e. The Labute approximate surface area is 123 Å². The first-order chi connectivity index (χ1) is 9.52. The Kier molecular flexibility index (Phi) is 3.07. The summed E-state index contributed by atoms with van der Waals surface area (Å²) in [6.07, 6.45) is 0. The fourth-order valence-corrected chi connectivity index (χ4v) is 2.57. The number of halogens is 1. The minimum Gasteiger partial charge on any atom is -0.294 e. The number of rotatable bonds is 2. The fraction of sp³-hybridized carbons (Fsp3) is 0.214. The van der Waals surface area contributed by atoms with Crippen LogP contribution >= 0.6 is 15.9 Å². The number of hydrogen-bond donors (Lipinski definition) is 0. The van der Waals surface area contributed by atoms with Crippen LogP contribution in [-0.4, -0.2) is 5.78 Å². The fourth-order valence-electron chi connectivity index (χ4n) is 2.31. The van der Waals surface area contributed by atoms with Gasteiger partial charge in [-0.15, -0.1) is 0 Å². The van der Waals surface area contributed by atoms with Gasteiger partial charge in [-0.3, -0.25) is 4.79 Å². The quantitative estimate of drug-likeness (QED) is 0.774. The summed E-state index contributed by atoms with van der Waals surface area (Å²) in [5.74, 6) is -1.77. The normalized spacial score (nSPS) is 17.9.